The number of nitro benzene ring substituents is 1. The molecule has 0 aliphatic carbocycles. The van der Waals surface area contributed by atoms with Gasteiger partial charge in [-0.1, -0.05) is 44.4 Å². The Bertz CT molecular complexity index is 863. The first-order valence-electron chi connectivity index (χ1n) is 8.68. The maximum Gasteiger partial charge on any atom is 0.270 e. The molecule has 2 aromatic rings. The van der Waals surface area contributed by atoms with Crippen molar-refractivity contribution in [3.63, 3.8) is 0 Å². The first kappa shape index (κ1) is 19.9. The first-order chi connectivity index (χ1) is 12.3. The number of aryl methyl sites for hydroxylation is 3. The quantitative estimate of drug-likeness (QED) is 0.538. The van der Waals surface area contributed by atoms with Gasteiger partial charge in [-0.25, -0.2) is 8.42 Å². The SMILES string of the molecule is CCCc1cc([N+](=O)[O-])cc(CCC)c1NS(=O)(=O)c1ccc(C)cc1. The summed E-state index contributed by atoms with van der Waals surface area (Å²) in [5.74, 6) is 0. The number of rotatable bonds is 8. The lowest BCUT2D eigenvalue weighted by molar-refractivity contribution is -0.385. The Labute approximate surface area is 154 Å². The van der Waals surface area contributed by atoms with Crippen LogP contribution in [-0.4, -0.2) is 13.3 Å². The van der Waals surface area contributed by atoms with Crippen LogP contribution in [0.1, 0.15) is 43.4 Å². The topological polar surface area (TPSA) is 89.3 Å². The average molecular weight is 376 g/mol. The van der Waals surface area contributed by atoms with Gasteiger partial charge in [-0.3, -0.25) is 14.8 Å². The lowest BCUT2D eigenvalue weighted by atomic mass is 9.99. The van der Waals surface area contributed by atoms with Gasteiger partial charge in [0.15, 0.2) is 0 Å². The summed E-state index contributed by atoms with van der Waals surface area (Å²) in [7, 11) is -3.76. The third-order valence-corrected chi connectivity index (χ3v) is 5.47. The highest BCUT2D eigenvalue weighted by Gasteiger charge is 2.21. The Morgan fingerprint density at radius 1 is 1.00 bits per heavy atom. The van der Waals surface area contributed by atoms with Gasteiger partial charge in [0.1, 0.15) is 0 Å². The smallest absolute Gasteiger partial charge is 0.270 e. The highest BCUT2D eigenvalue weighted by atomic mass is 32.2. The molecule has 26 heavy (non-hydrogen) atoms. The van der Waals surface area contributed by atoms with Gasteiger partial charge in [0.2, 0.25) is 0 Å². The fraction of sp³-hybridized carbons (Fsp3) is 0.368. The molecule has 0 bridgehead atoms. The Morgan fingerprint density at radius 2 is 1.50 bits per heavy atom. The van der Waals surface area contributed by atoms with Crippen molar-refractivity contribution < 1.29 is 13.3 Å². The number of hydrogen-bond donors (Lipinski definition) is 1. The van der Waals surface area contributed by atoms with Gasteiger partial charge in [0.05, 0.1) is 15.5 Å². The van der Waals surface area contributed by atoms with Gasteiger partial charge < -0.3 is 0 Å². The molecule has 6 nitrogen and oxygen atoms in total. The zero-order chi connectivity index (χ0) is 19.3. The van der Waals surface area contributed by atoms with Crippen molar-refractivity contribution in [2.75, 3.05) is 4.72 Å². The molecule has 0 amide bonds. The van der Waals surface area contributed by atoms with Crippen LogP contribution in [0.2, 0.25) is 0 Å². The molecule has 0 aliphatic heterocycles. The average Bonchev–Trinajstić information content (AvgIpc) is 2.58. The predicted octanol–water partition coefficient (Wildman–Crippen LogP) is 4.61. The molecule has 0 aromatic heterocycles. The number of benzene rings is 2. The summed E-state index contributed by atoms with van der Waals surface area (Å²) in [5, 5.41) is 11.2. The van der Waals surface area contributed by atoms with Gasteiger partial charge >= 0.3 is 0 Å². The molecule has 1 N–H and O–H groups in total. The molecule has 7 heteroatoms. The van der Waals surface area contributed by atoms with Crippen LogP contribution in [0.15, 0.2) is 41.3 Å². The molecule has 0 saturated carbocycles. The van der Waals surface area contributed by atoms with Crippen molar-refractivity contribution in [1.82, 2.24) is 0 Å². The molecular formula is C19H24N2O4S. The monoisotopic (exact) mass is 376 g/mol. The molecule has 0 radical (unpaired) electrons. The summed E-state index contributed by atoms with van der Waals surface area (Å²) in [6, 6.07) is 9.53. The van der Waals surface area contributed by atoms with Gasteiger partial charge in [0.25, 0.3) is 15.7 Å². The van der Waals surface area contributed by atoms with E-state index in [-0.39, 0.29) is 10.6 Å². The molecule has 0 spiro atoms. The summed E-state index contributed by atoms with van der Waals surface area (Å²) in [5.41, 5.74) is 2.74. The molecule has 0 atom stereocenters. The molecule has 140 valence electrons. The fourth-order valence-corrected chi connectivity index (χ4v) is 3.97. The van der Waals surface area contributed by atoms with Crippen molar-refractivity contribution in [3.8, 4) is 0 Å². The Hall–Kier alpha value is -2.41. The Balaban J connectivity index is 2.55. The maximum absolute atomic E-state index is 12.8. The van der Waals surface area contributed by atoms with Crippen molar-refractivity contribution in [3.05, 3.63) is 63.2 Å². The van der Waals surface area contributed by atoms with E-state index < -0.39 is 14.9 Å². The number of nitrogens with zero attached hydrogens (tertiary/aromatic N) is 1. The minimum Gasteiger partial charge on any atom is -0.279 e. The summed E-state index contributed by atoms with van der Waals surface area (Å²) < 4.78 is 28.3. The van der Waals surface area contributed by atoms with Gasteiger partial charge in [-0.2, -0.15) is 0 Å². The molecule has 0 aliphatic rings. The third kappa shape index (κ3) is 4.60. The standard InChI is InChI=1S/C19H24N2O4S/c1-4-6-15-12-17(21(22)23)13-16(7-5-2)19(15)20-26(24,25)18-10-8-14(3)9-11-18/h8-13,20H,4-7H2,1-3H3. The van der Waals surface area contributed by atoms with E-state index in [0.29, 0.717) is 29.7 Å². The van der Waals surface area contributed by atoms with Crippen LogP contribution in [0.3, 0.4) is 0 Å². The molecule has 0 fully saturated rings. The predicted molar refractivity (Wildman–Crippen MR) is 103 cm³/mol. The van der Waals surface area contributed by atoms with Crippen molar-refractivity contribution >= 4 is 21.4 Å². The minimum atomic E-state index is -3.76. The second-order valence-electron chi connectivity index (χ2n) is 6.31. The van der Waals surface area contributed by atoms with Crippen LogP contribution < -0.4 is 4.72 Å². The van der Waals surface area contributed by atoms with Crippen molar-refractivity contribution in [1.29, 1.82) is 0 Å². The van der Waals surface area contributed by atoms with Crippen molar-refractivity contribution in [2.24, 2.45) is 0 Å². The van der Waals surface area contributed by atoms with E-state index in [2.05, 4.69) is 4.72 Å². The summed E-state index contributed by atoms with van der Waals surface area (Å²) in [6.07, 6.45) is 2.63. The van der Waals surface area contributed by atoms with E-state index in [1.807, 2.05) is 20.8 Å². The fourth-order valence-electron chi connectivity index (χ4n) is 2.83. The third-order valence-electron chi connectivity index (χ3n) is 4.10. The lowest BCUT2D eigenvalue weighted by Gasteiger charge is -2.17. The van der Waals surface area contributed by atoms with E-state index in [1.54, 1.807) is 24.3 Å². The molecule has 2 aromatic carbocycles. The second kappa shape index (κ2) is 8.31. The lowest BCUT2D eigenvalue weighted by Crippen LogP contribution is -2.16. The van der Waals surface area contributed by atoms with Crippen LogP contribution in [0.4, 0.5) is 11.4 Å². The van der Waals surface area contributed by atoms with Gasteiger partial charge in [0, 0.05) is 12.1 Å². The summed E-state index contributed by atoms with van der Waals surface area (Å²) in [6.45, 7) is 5.80. The Morgan fingerprint density at radius 3 is 1.92 bits per heavy atom. The van der Waals surface area contributed by atoms with E-state index in [0.717, 1.165) is 18.4 Å². The molecular weight excluding hydrogens is 352 g/mol. The largest absolute Gasteiger partial charge is 0.279 e. The van der Waals surface area contributed by atoms with E-state index >= 15 is 0 Å². The Kier molecular flexibility index (Phi) is 6.37. The second-order valence-corrected chi connectivity index (χ2v) is 8.00. The van der Waals surface area contributed by atoms with E-state index in [9.17, 15) is 18.5 Å². The minimum absolute atomic E-state index is 0.00446. The number of anilines is 1. The van der Waals surface area contributed by atoms with E-state index in [1.165, 1.54) is 12.1 Å². The number of non-ortho nitro benzene ring substituents is 1. The maximum atomic E-state index is 12.8. The number of nitrogens with one attached hydrogen (secondary N) is 1. The zero-order valence-electron chi connectivity index (χ0n) is 15.3. The van der Waals surface area contributed by atoms with Crippen LogP contribution in [0.5, 0.6) is 0 Å². The molecule has 0 heterocycles. The number of hydrogen-bond acceptors (Lipinski definition) is 4. The highest BCUT2D eigenvalue weighted by molar-refractivity contribution is 7.92. The molecule has 0 unspecified atom stereocenters. The summed E-state index contributed by atoms with van der Waals surface area (Å²) >= 11 is 0. The van der Waals surface area contributed by atoms with Crippen LogP contribution in [0, 0.1) is 17.0 Å². The van der Waals surface area contributed by atoms with Gasteiger partial charge in [-0.15, -0.1) is 0 Å². The van der Waals surface area contributed by atoms with Crippen LogP contribution in [-0.2, 0) is 22.9 Å². The van der Waals surface area contributed by atoms with Crippen molar-refractivity contribution in [2.45, 2.75) is 51.3 Å². The van der Waals surface area contributed by atoms with E-state index in [4.69, 9.17) is 0 Å². The number of nitro groups is 1. The molecule has 2 rings (SSSR count). The first-order valence-corrected chi connectivity index (χ1v) is 10.2. The molecule has 0 saturated heterocycles. The van der Waals surface area contributed by atoms with Crippen LogP contribution >= 0.6 is 0 Å². The highest BCUT2D eigenvalue weighted by Crippen LogP contribution is 2.31. The summed E-state index contributed by atoms with van der Waals surface area (Å²) in [4.78, 5) is 11.0. The van der Waals surface area contributed by atoms with Crippen LogP contribution in [0.25, 0.3) is 0 Å². The van der Waals surface area contributed by atoms with Gasteiger partial charge in [-0.05, 0) is 43.0 Å². The normalized spacial score (nSPS) is 11.3. The number of sulfonamides is 1. The zero-order valence-corrected chi connectivity index (χ0v) is 16.1.